The molecule has 1 heterocycles. The summed E-state index contributed by atoms with van der Waals surface area (Å²) in [5, 5.41) is 19.5. The number of allylic oxidation sites excluding steroid dienone is 1. The summed E-state index contributed by atoms with van der Waals surface area (Å²) in [5.74, 6) is 0.916. The molecule has 1 aromatic heterocycles. The second-order valence-electron chi connectivity index (χ2n) is 5.55. The second kappa shape index (κ2) is 6.99. The number of rotatable bonds is 4. The highest BCUT2D eigenvalue weighted by Crippen LogP contribution is 2.34. The van der Waals surface area contributed by atoms with E-state index in [4.69, 9.17) is 4.74 Å². The van der Waals surface area contributed by atoms with Crippen LogP contribution in [0, 0.1) is 18.3 Å². The first kappa shape index (κ1) is 17.1. The van der Waals surface area contributed by atoms with E-state index in [-0.39, 0.29) is 5.75 Å². The molecule has 3 aromatic rings. The van der Waals surface area contributed by atoms with Crippen molar-refractivity contribution in [3.63, 3.8) is 0 Å². The Labute approximate surface area is 153 Å². The van der Waals surface area contributed by atoms with Crippen molar-refractivity contribution in [3.05, 3.63) is 51.8 Å². The fourth-order valence-corrected chi connectivity index (χ4v) is 2.95. The minimum absolute atomic E-state index is 0.0450. The summed E-state index contributed by atoms with van der Waals surface area (Å²) in [6.07, 6.45) is 1.70. The maximum absolute atomic E-state index is 9.92. The van der Waals surface area contributed by atoms with E-state index in [0.717, 1.165) is 22.2 Å². The molecule has 0 saturated heterocycles. The largest absolute Gasteiger partial charge is 0.504 e. The predicted molar refractivity (Wildman–Crippen MR) is 101 cm³/mol. The van der Waals surface area contributed by atoms with Crippen molar-refractivity contribution in [3.8, 4) is 17.6 Å². The molecule has 0 aliphatic heterocycles. The molecule has 0 aliphatic rings. The maximum Gasteiger partial charge on any atom is 0.161 e. The lowest BCUT2D eigenvalue weighted by atomic mass is 10.1. The molecule has 6 heteroatoms. The number of halogens is 1. The van der Waals surface area contributed by atoms with Gasteiger partial charge in [0.25, 0.3) is 0 Å². The highest BCUT2D eigenvalue weighted by molar-refractivity contribution is 9.10. The number of nitrogens with zero attached hydrogens (tertiary/aromatic N) is 2. The van der Waals surface area contributed by atoms with E-state index in [1.807, 2.05) is 32.0 Å². The molecule has 5 nitrogen and oxygen atoms in total. The summed E-state index contributed by atoms with van der Waals surface area (Å²) < 4.78 is 6.07. The van der Waals surface area contributed by atoms with E-state index >= 15 is 0 Å². The van der Waals surface area contributed by atoms with Crippen LogP contribution in [0.2, 0.25) is 0 Å². The lowest BCUT2D eigenvalue weighted by Gasteiger charge is -2.08. The lowest BCUT2D eigenvalue weighted by Crippen LogP contribution is -1.93. The van der Waals surface area contributed by atoms with Crippen LogP contribution in [0.15, 0.2) is 34.8 Å². The minimum atomic E-state index is 0.0450. The number of nitrogens with one attached hydrogen (secondary N) is 1. The summed E-state index contributed by atoms with van der Waals surface area (Å²) in [6, 6.07) is 11.3. The van der Waals surface area contributed by atoms with Crippen LogP contribution in [0.25, 0.3) is 22.7 Å². The average molecular weight is 398 g/mol. The second-order valence-corrected chi connectivity index (χ2v) is 6.40. The zero-order valence-electron chi connectivity index (χ0n) is 13.8. The van der Waals surface area contributed by atoms with Crippen molar-refractivity contribution in [1.29, 1.82) is 5.26 Å². The van der Waals surface area contributed by atoms with Crippen LogP contribution in [-0.2, 0) is 0 Å². The van der Waals surface area contributed by atoms with Gasteiger partial charge in [-0.2, -0.15) is 5.26 Å². The van der Waals surface area contributed by atoms with E-state index in [9.17, 15) is 10.4 Å². The highest BCUT2D eigenvalue weighted by Gasteiger charge is 2.12. The molecule has 2 N–H and O–H groups in total. The average Bonchev–Trinajstić information content (AvgIpc) is 2.99. The van der Waals surface area contributed by atoms with Gasteiger partial charge >= 0.3 is 0 Å². The van der Waals surface area contributed by atoms with Crippen LogP contribution in [0.4, 0.5) is 0 Å². The third-order valence-corrected chi connectivity index (χ3v) is 4.38. The molecule has 2 aromatic carbocycles. The number of imidazole rings is 1. The minimum Gasteiger partial charge on any atom is -0.504 e. The van der Waals surface area contributed by atoms with Gasteiger partial charge in [0, 0.05) is 4.47 Å². The Morgan fingerprint density at radius 1 is 1.40 bits per heavy atom. The molecule has 3 rings (SSSR count). The Morgan fingerprint density at radius 2 is 2.20 bits per heavy atom. The molecule has 0 atom stereocenters. The number of hydrogen-bond donors (Lipinski definition) is 2. The first-order valence-corrected chi connectivity index (χ1v) is 8.55. The quantitative estimate of drug-likeness (QED) is 0.619. The number of phenolic OH excluding ortho intramolecular Hbond substituents is 1. The van der Waals surface area contributed by atoms with Crippen molar-refractivity contribution in [2.24, 2.45) is 0 Å². The number of H-pyrrole nitrogens is 1. The number of fused-ring (bicyclic) bond motifs is 1. The van der Waals surface area contributed by atoms with Gasteiger partial charge in [-0.05, 0) is 55.3 Å². The Hall–Kier alpha value is -2.78. The summed E-state index contributed by atoms with van der Waals surface area (Å²) in [5.41, 5.74) is 3.92. The van der Waals surface area contributed by atoms with E-state index in [2.05, 4.69) is 32.0 Å². The Bertz CT molecular complexity index is 1020. The molecule has 0 spiro atoms. The van der Waals surface area contributed by atoms with Crippen LogP contribution in [-0.4, -0.2) is 21.7 Å². The van der Waals surface area contributed by atoms with Crippen LogP contribution >= 0.6 is 15.9 Å². The Morgan fingerprint density at radius 3 is 2.92 bits per heavy atom. The molecule has 0 radical (unpaired) electrons. The molecule has 0 amide bonds. The monoisotopic (exact) mass is 397 g/mol. The van der Waals surface area contributed by atoms with Crippen molar-refractivity contribution in [2.75, 3.05) is 6.61 Å². The molecular formula is C19H16BrN3O2. The van der Waals surface area contributed by atoms with Gasteiger partial charge in [-0.25, -0.2) is 4.98 Å². The zero-order valence-corrected chi connectivity index (χ0v) is 15.4. The number of ether oxygens (including phenoxy) is 1. The Kier molecular flexibility index (Phi) is 4.77. The van der Waals surface area contributed by atoms with Gasteiger partial charge in [0.15, 0.2) is 11.5 Å². The van der Waals surface area contributed by atoms with Crippen LogP contribution < -0.4 is 4.74 Å². The fraction of sp³-hybridized carbons (Fsp3) is 0.158. The third-order valence-electron chi connectivity index (χ3n) is 3.69. The molecular weight excluding hydrogens is 382 g/mol. The van der Waals surface area contributed by atoms with Crippen LogP contribution in [0.1, 0.15) is 23.9 Å². The summed E-state index contributed by atoms with van der Waals surface area (Å²) >= 11 is 3.41. The highest BCUT2D eigenvalue weighted by atomic mass is 79.9. The van der Waals surface area contributed by atoms with E-state index < -0.39 is 0 Å². The topological polar surface area (TPSA) is 81.9 Å². The standard InChI is InChI=1S/C19H16BrN3O2/c1-3-25-18-8-12(14(20)9-17(18)24)7-13(10-21)19-22-15-5-4-11(2)6-16(15)23-19/h4-9,24H,3H2,1-2H3,(H,22,23)/b13-7-. The van der Waals surface area contributed by atoms with Gasteiger partial charge < -0.3 is 14.8 Å². The number of aromatic hydroxyl groups is 1. The first-order valence-electron chi connectivity index (χ1n) is 7.75. The first-order chi connectivity index (χ1) is 12.0. The SMILES string of the molecule is CCOc1cc(/C=C(/C#N)c2nc3ccc(C)cc3[nH]2)c(Br)cc1O. The van der Waals surface area contributed by atoms with E-state index in [1.165, 1.54) is 0 Å². The van der Waals surface area contributed by atoms with Gasteiger partial charge in [0.1, 0.15) is 11.9 Å². The maximum atomic E-state index is 9.92. The number of nitriles is 1. The zero-order chi connectivity index (χ0) is 18.0. The van der Waals surface area contributed by atoms with E-state index in [1.54, 1.807) is 18.2 Å². The smallest absolute Gasteiger partial charge is 0.161 e. The van der Waals surface area contributed by atoms with Crippen LogP contribution in [0.5, 0.6) is 11.5 Å². The molecule has 0 aliphatic carbocycles. The molecule has 0 unspecified atom stereocenters. The summed E-state index contributed by atoms with van der Waals surface area (Å²) in [7, 11) is 0. The number of hydrogen-bond acceptors (Lipinski definition) is 4. The third kappa shape index (κ3) is 3.52. The van der Waals surface area contributed by atoms with Gasteiger partial charge in [0.2, 0.25) is 0 Å². The molecule has 126 valence electrons. The number of aromatic nitrogens is 2. The fourth-order valence-electron chi connectivity index (χ4n) is 2.50. The van der Waals surface area contributed by atoms with Crippen molar-refractivity contribution in [1.82, 2.24) is 9.97 Å². The number of aromatic amines is 1. The van der Waals surface area contributed by atoms with E-state index in [0.29, 0.717) is 28.2 Å². The van der Waals surface area contributed by atoms with Gasteiger partial charge in [-0.1, -0.05) is 22.0 Å². The lowest BCUT2D eigenvalue weighted by molar-refractivity contribution is 0.318. The molecule has 0 bridgehead atoms. The van der Waals surface area contributed by atoms with Crippen molar-refractivity contribution < 1.29 is 9.84 Å². The Balaban J connectivity index is 2.08. The molecule has 0 saturated carbocycles. The number of benzene rings is 2. The predicted octanol–water partition coefficient (Wildman–Crippen LogP) is 4.80. The van der Waals surface area contributed by atoms with Crippen molar-refractivity contribution in [2.45, 2.75) is 13.8 Å². The van der Waals surface area contributed by atoms with Crippen LogP contribution in [0.3, 0.4) is 0 Å². The summed E-state index contributed by atoms with van der Waals surface area (Å²) in [4.78, 5) is 7.67. The number of aryl methyl sites for hydroxylation is 1. The van der Waals surface area contributed by atoms with Crippen molar-refractivity contribution >= 4 is 38.6 Å². The normalized spacial score (nSPS) is 11.5. The molecule has 0 fully saturated rings. The van der Waals surface area contributed by atoms with Gasteiger partial charge in [-0.15, -0.1) is 0 Å². The number of phenols is 1. The van der Waals surface area contributed by atoms with Gasteiger partial charge in [-0.3, -0.25) is 0 Å². The summed E-state index contributed by atoms with van der Waals surface area (Å²) in [6.45, 7) is 4.28. The van der Waals surface area contributed by atoms with Gasteiger partial charge in [0.05, 0.1) is 23.2 Å². The molecule has 25 heavy (non-hydrogen) atoms.